The number of aromatic hydroxyl groups is 1. The molecule has 142 valence electrons. The molecule has 0 bridgehead atoms. The van der Waals surface area contributed by atoms with Gasteiger partial charge in [0, 0.05) is 6.42 Å². The summed E-state index contributed by atoms with van der Waals surface area (Å²) in [6.45, 7) is 0.303. The van der Waals surface area contributed by atoms with Crippen molar-refractivity contribution < 1.29 is 27.8 Å². The Balaban J connectivity index is 1.87. The third kappa shape index (κ3) is 4.94. The monoisotopic (exact) mass is 448 g/mol. The van der Waals surface area contributed by atoms with Crippen molar-refractivity contribution >= 4 is 46.4 Å². The molecule has 1 N–H and O–H groups in total. The molecule has 10 heteroatoms. The van der Waals surface area contributed by atoms with Crippen LogP contribution in [-0.4, -0.2) is 18.3 Å². The maximum atomic E-state index is 12.5. The first kappa shape index (κ1) is 21.1. The van der Waals surface area contributed by atoms with E-state index >= 15 is 0 Å². The van der Waals surface area contributed by atoms with Gasteiger partial charge >= 0.3 is 6.18 Å². The SMILES string of the molecule is Oc1c(Cl)c(Cl)c(OCCCOc2ccc(C(F)(F)F)cc2)c(Cl)c1Cl. The second-order valence-corrected chi connectivity index (χ2v) is 6.52. The van der Waals surface area contributed by atoms with Gasteiger partial charge in [-0.15, -0.1) is 0 Å². The summed E-state index contributed by atoms with van der Waals surface area (Å²) in [6.07, 6.45) is -4.01. The number of alkyl halides is 3. The van der Waals surface area contributed by atoms with E-state index in [1.165, 1.54) is 12.1 Å². The van der Waals surface area contributed by atoms with Crippen LogP contribution >= 0.6 is 46.4 Å². The van der Waals surface area contributed by atoms with Gasteiger partial charge in [0.05, 0.1) is 18.8 Å². The van der Waals surface area contributed by atoms with Gasteiger partial charge in [-0.25, -0.2) is 0 Å². The van der Waals surface area contributed by atoms with Crippen LogP contribution in [0.25, 0.3) is 0 Å². The van der Waals surface area contributed by atoms with Crippen LogP contribution in [-0.2, 0) is 6.18 Å². The number of phenolic OH excluding ortho intramolecular Hbond substituents is 1. The molecule has 0 saturated carbocycles. The Labute approximate surface area is 167 Å². The van der Waals surface area contributed by atoms with E-state index in [1.807, 2.05) is 0 Å². The molecule has 2 rings (SSSR count). The number of ether oxygens (including phenoxy) is 2. The minimum absolute atomic E-state index is 0.0238. The zero-order chi connectivity index (χ0) is 19.5. The zero-order valence-electron chi connectivity index (χ0n) is 12.8. The summed E-state index contributed by atoms with van der Waals surface area (Å²) < 4.78 is 48.1. The lowest BCUT2D eigenvalue weighted by molar-refractivity contribution is -0.137. The summed E-state index contributed by atoms with van der Waals surface area (Å²) in [6, 6.07) is 4.34. The summed E-state index contributed by atoms with van der Waals surface area (Å²) in [5, 5.41) is 9.09. The standard InChI is InChI=1S/C16H11Cl4F3O3/c17-10-12(19)15(13(20)11(18)14(10)24)26-7-1-6-25-9-4-2-8(3-5-9)16(21,22)23/h2-5,24H,1,6-7H2. The second kappa shape index (κ2) is 8.65. The Kier molecular flexibility index (Phi) is 7.02. The fraction of sp³-hybridized carbons (Fsp3) is 0.250. The molecule has 0 atom stereocenters. The second-order valence-electron chi connectivity index (χ2n) is 5.01. The zero-order valence-corrected chi connectivity index (χ0v) is 15.9. The molecule has 0 aliphatic carbocycles. The molecule has 26 heavy (non-hydrogen) atoms. The van der Waals surface area contributed by atoms with E-state index in [0.29, 0.717) is 12.2 Å². The van der Waals surface area contributed by atoms with Crippen LogP contribution < -0.4 is 9.47 Å². The van der Waals surface area contributed by atoms with Crippen molar-refractivity contribution in [2.75, 3.05) is 13.2 Å². The van der Waals surface area contributed by atoms with Gasteiger partial charge in [0.25, 0.3) is 0 Å². The lowest BCUT2D eigenvalue weighted by atomic mass is 10.2. The van der Waals surface area contributed by atoms with Crippen LogP contribution in [0.5, 0.6) is 17.2 Å². The van der Waals surface area contributed by atoms with E-state index in [0.717, 1.165) is 12.1 Å². The molecule has 0 unspecified atom stereocenters. The van der Waals surface area contributed by atoms with Gasteiger partial charge < -0.3 is 14.6 Å². The Morgan fingerprint density at radius 3 is 1.81 bits per heavy atom. The fourth-order valence-corrected chi connectivity index (χ4v) is 2.82. The summed E-state index contributed by atoms with van der Waals surface area (Å²) in [4.78, 5) is 0. The van der Waals surface area contributed by atoms with Crippen LogP contribution in [0.15, 0.2) is 24.3 Å². The van der Waals surface area contributed by atoms with Gasteiger partial charge in [0.15, 0.2) is 11.5 Å². The number of hydrogen-bond acceptors (Lipinski definition) is 3. The molecule has 0 fully saturated rings. The predicted molar refractivity (Wildman–Crippen MR) is 95.2 cm³/mol. The first-order valence-electron chi connectivity index (χ1n) is 7.10. The molecule has 0 aromatic heterocycles. The van der Waals surface area contributed by atoms with E-state index in [9.17, 15) is 18.3 Å². The normalized spacial score (nSPS) is 11.5. The minimum Gasteiger partial charge on any atom is -0.505 e. The maximum absolute atomic E-state index is 12.5. The van der Waals surface area contributed by atoms with Crippen LogP contribution in [0.2, 0.25) is 20.1 Å². The lowest BCUT2D eigenvalue weighted by Crippen LogP contribution is -2.07. The highest BCUT2D eigenvalue weighted by atomic mass is 35.5. The molecule has 2 aromatic rings. The molecule has 0 heterocycles. The molecule has 2 aromatic carbocycles. The van der Waals surface area contributed by atoms with Crippen LogP contribution in [0.1, 0.15) is 12.0 Å². The average Bonchev–Trinajstić information content (AvgIpc) is 2.60. The van der Waals surface area contributed by atoms with E-state index in [2.05, 4.69) is 0 Å². The third-order valence-corrected chi connectivity index (χ3v) is 4.84. The van der Waals surface area contributed by atoms with Crippen molar-refractivity contribution in [3.05, 3.63) is 49.9 Å². The van der Waals surface area contributed by atoms with Crippen molar-refractivity contribution in [2.45, 2.75) is 12.6 Å². The minimum atomic E-state index is -4.39. The first-order valence-corrected chi connectivity index (χ1v) is 8.62. The van der Waals surface area contributed by atoms with E-state index in [-0.39, 0.29) is 39.1 Å². The van der Waals surface area contributed by atoms with Crippen LogP contribution in [0.3, 0.4) is 0 Å². The van der Waals surface area contributed by atoms with Crippen molar-refractivity contribution in [3.63, 3.8) is 0 Å². The highest BCUT2D eigenvalue weighted by Crippen LogP contribution is 2.49. The Hall–Kier alpha value is -1.21. The molecule has 0 aliphatic rings. The highest BCUT2D eigenvalue weighted by Gasteiger charge is 2.30. The number of hydrogen-bond donors (Lipinski definition) is 1. The van der Waals surface area contributed by atoms with Crippen molar-refractivity contribution in [1.82, 2.24) is 0 Å². The topological polar surface area (TPSA) is 38.7 Å². The summed E-state index contributed by atoms with van der Waals surface area (Å²) >= 11 is 23.5. The first-order chi connectivity index (χ1) is 12.1. The smallest absolute Gasteiger partial charge is 0.416 e. The molecular weight excluding hydrogens is 439 g/mol. The van der Waals surface area contributed by atoms with Gasteiger partial charge in [-0.1, -0.05) is 46.4 Å². The molecule has 3 nitrogen and oxygen atoms in total. The Morgan fingerprint density at radius 2 is 1.31 bits per heavy atom. The maximum Gasteiger partial charge on any atom is 0.416 e. The Morgan fingerprint density at radius 1 is 0.808 bits per heavy atom. The summed E-state index contributed by atoms with van der Waals surface area (Å²) in [7, 11) is 0. The Bertz CT molecular complexity index is 751. The quantitative estimate of drug-likeness (QED) is 0.386. The largest absolute Gasteiger partial charge is 0.505 e. The van der Waals surface area contributed by atoms with Crippen molar-refractivity contribution in [2.24, 2.45) is 0 Å². The van der Waals surface area contributed by atoms with E-state index < -0.39 is 17.5 Å². The van der Waals surface area contributed by atoms with Crippen LogP contribution in [0.4, 0.5) is 13.2 Å². The van der Waals surface area contributed by atoms with E-state index in [1.54, 1.807) is 0 Å². The number of rotatable bonds is 6. The number of halogens is 7. The van der Waals surface area contributed by atoms with Gasteiger partial charge in [0.1, 0.15) is 25.8 Å². The molecular formula is C16H11Cl4F3O3. The number of benzene rings is 2. The third-order valence-electron chi connectivity index (χ3n) is 3.19. The van der Waals surface area contributed by atoms with Gasteiger partial charge in [-0.3, -0.25) is 0 Å². The molecule has 0 saturated heterocycles. The summed E-state index contributed by atoms with van der Waals surface area (Å²) in [5.41, 5.74) is -0.751. The van der Waals surface area contributed by atoms with Gasteiger partial charge in [-0.2, -0.15) is 13.2 Å². The van der Waals surface area contributed by atoms with Crippen LogP contribution in [0, 0.1) is 0 Å². The highest BCUT2D eigenvalue weighted by molar-refractivity contribution is 6.50. The molecule has 0 radical (unpaired) electrons. The molecule has 0 spiro atoms. The molecule has 0 amide bonds. The van der Waals surface area contributed by atoms with Gasteiger partial charge in [-0.05, 0) is 24.3 Å². The number of phenols is 1. The fourth-order valence-electron chi connectivity index (χ4n) is 1.89. The lowest BCUT2D eigenvalue weighted by Gasteiger charge is -2.14. The summed E-state index contributed by atoms with van der Waals surface area (Å²) in [5.74, 6) is -0.123. The average molecular weight is 450 g/mol. The predicted octanol–water partition coefficient (Wildman–Crippen LogP) is 6.87. The molecule has 0 aliphatic heterocycles. The van der Waals surface area contributed by atoms with Crippen molar-refractivity contribution in [3.8, 4) is 17.2 Å². The van der Waals surface area contributed by atoms with Crippen molar-refractivity contribution in [1.29, 1.82) is 0 Å². The van der Waals surface area contributed by atoms with Gasteiger partial charge in [0.2, 0.25) is 0 Å². The van der Waals surface area contributed by atoms with E-state index in [4.69, 9.17) is 55.9 Å².